The molecule has 0 unspecified atom stereocenters. The standard InChI is InChI=1S/C18H16N6/c1-13-11-14(2)24(21-13)17-5-3-16(4-6-17)23-12-18(20-22-23)15-7-9-19-10-8-15/h3-12H,1-2H3. The maximum Gasteiger partial charge on any atom is 0.113 e. The van der Waals surface area contributed by atoms with Gasteiger partial charge in [-0.1, -0.05) is 5.21 Å². The molecule has 0 bridgehead atoms. The minimum Gasteiger partial charge on any atom is -0.265 e. The van der Waals surface area contributed by atoms with Gasteiger partial charge in [0.15, 0.2) is 0 Å². The first-order valence-electron chi connectivity index (χ1n) is 7.67. The van der Waals surface area contributed by atoms with E-state index in [-0.39, 0.29) is 0 Å². The van der Waals surface area contributed by atoms with Crippen molar-refractivity contribution >= 4 is 0 Å². The summed E-state index contributed by atoms with van der Waals surface area (Å²) in [4.78, 5) is 4.02. The minimum absolute atomic E-state index is 0.819. The van der Waals surface area contributed by atoms with Crippen molar-refractivity contribution in [1.29, 1.82) is 0 Å². The first kappa shape index (κ1) is 14.3. The van der Waals surface area contributed by atoms with Crippen LogP contribution in [0.4, 0.5) is 0 Å². The van der Waals surface area contributed by atoms with Crippen molar-refractivity contribution in [1.82, 2.24) is 29.8 Å². The number of benzene rings is 1. The number of rotatable bonds is 3. The lowest BCUT2D eigenvalue weighted by Crippen LogP contribution is -2.00. The molecule has 0 saturated heterocycles. The molecule has 1 aromatic carbocycles. The van der Waals surface area contributed by atoms with E-state index in [1.165, 1.54) is 0 Å². The molecule has 0 aliphatic rings. The predicted octanol–water partition coefficient (Wildman–Crippen LogP) is 3.13. The van der Waals surface area contributed by atoms with Gasteiger partial charge in [-0.05, 0) is 56.3 Å². The summed E-state index contributed by atoms with van der Waals surface area (Å²) in [5, 5.41) is 12.9. The van der Waals surface area contributed by atoms with E-state index < -0.39 is 0 Å². The normalized spacial score (nSPS) is 10.9. The molecule has 0 N–H and O–H groups in total. The molecule has 0 amide bonds. The zero-order valence-corrected chi connectivity index (χ0v) is 13.5. The van der Waals surface area contributed by atoms with Crippen LogP contribution in [-0.4, -0.2) is 29.8 Å². The number of aryl methyl sites for hydroxylation is 2. The highest BCUT2D eigenvalue weighted by Crippen LogP contribution is 2.18. The van der Waals surface area contributed by atoms with Crippen molar-refractivity contribution in [2.24, 2.45) is 0 Å². The van der Waals surface area contributed by atoms with Gasteiger partial charge < -0.3 is 0 Å². The van der Waals surface area contributed by atoms with Crippen LogP contribution in [0.25, 0.3) is 22.6 Å². The highest BCUT2D eigenvalue weighted by atomic mass is 15.4. The second-order valence-electron chi connectivity index (χ2n) is 5.64. The van der Waals surface area contributed by atoms with Gasteiger partial charge in [0, 0.05) is 23.7 Å². The maximum atomic E-state index is 4.50. The number of nitrogens with zero attached hydrogens (tertiary/aromatic N) is 6. The maximum absolute atomic E-state index is 4.50. The zero-order chi connectivity index (χ0) is 16.5. The van der Waals surface area contributed by atoms with E-state index in [1.807, 2.05) is 61.1 Å². The van der Waals surface area contributed by atoms with Crippen LogP contribution in [0.1, 0.15) is 11.4 Å². The van der Waals surface area contributed by atoms with Crippen LogP contribution < -0.4 is 0 Å². The van der Waals surface area contributed by atoms with Crippen LogP contribution in [0, 0.1) is 13.8 Å². The minimum atomic E-state index is 0.819. The summed E-state index contributed by atoms with van der Waals surface area (Å²) < 4.78 is 3.70. The summed E-state index contributed by atoms with van der Waals surface area (Å²) in [6.45, 7) is 4.04. The Kier molecular flexibility index (Phi) is 3.42. The fourth-order valence-electron chi connectivity index (χ4n) is 2.68. The Morgan fingerprint density at radius 1 is 0.875 bits per heavy atom. The molecule has 0 aliphatic heterocycles. The Morgan fingerprint density at radius 2 is 1.58 bits per heavy atom. The van der Waals surface area contributed by atoms with Crippen LogP contribution in [-0.2, 0) is 0 Å². The van der Waals surface area contributed by atoms with E-state index in [0.29, 0.717) is 0 Å². The molecule has 24 heavy (non-hydrogen) atoms. The van der Waals surface area contributed by atoms with E-state index >= 15 is 0 Å². The topological polar surface area (TPSA) is 61.4 Å². The van der Waals surface area contributed by atoms with Crippen molar-refractivity contribution in [3.8, 4) is 22.6 Å². The van der Waals surface area contributed by atoms with E-state index in [2.05, 4.69) is 26.5 Å². The lowest BCUT2D eigenvalue weighted by atomic mass is 10.2. The number of hydrogen-bond donors (Lipinski definition) is 0. The van der Waals surface area contributed by atoms with Crippen molar-refractivity contribution in [2.75, 3.05) is 0 Å². The molecule has 3 heterocycles. The van der Waals surface area contributed by atoms with Crippen LogP contribution in [0.5, 0.6) is 0 Å². The van der Waals surface area contributed by atoms with Gasteiger partial charge in [-0.25, -0.2) is 9.36 Å². The molecule has 3 aromatic heterocycles. The SMILES string of the molecule is Cc1cc(C)n(-c2ccc(-n3cc(-c4ccncc4)nn3)cc2)n1. The average Bonchev–Trinajstić information content (AvgIpc) is 3.22. The zero-order valence-electron chi connectivity index (χ0n) is 13.5. The molecule has 0 saturated carbocycles. The van der Waals surface area contributed by atoms with Crippen LogP contribution >= 0.6 is 0 Å². The molecule has 6 nitrogen and oxygen atoms in total. The van der Waals surface area contributed by atoms with Crippen molar-refractivity contribution < 1.29 is 0 Å². The van der Waals surface area contributed by atoms with Gasteiger partial charge in [0.05, 0.1) is 23.3 Å². The Hall–Kier alpha value is -3.28. The van der Waals surface area contributed by atoms with E-state index in [0.717, 1.165) is 34.0 Å². The summed E-state index contributed by atoms with van der Waals surface area (Å²) >= 11 is 0. The molecule has 0 spiro atoms. The van der Waals surface area contributed by atoms with Crippen molar-refractivity contribution in [2.45, 2.75) is 13.8 Å². The molecule has 4 aromatic rings. The Labute approximate surface area is 139 Å². The predicted molar refractivity (Wildman–Crippen MR) is 91.2 cm³/mol. The molecular formula is C18H16N6. The molecule has 0 radical (unpaired) electrons. The molecular weight excluding hydrogens is 300 g/mol. The van der Waals surface area contributed by atoms with Gasteiger partial charge in [-0.15, -0.1) is 5.10 Å². The third-order valence-corrected chi connectivity index (χ3v) is 3.84. The van der Waals surface area contributed by atoms with Gasteiger partial charge in [-0.3, -0.25) is 4.98 Å². The van der Waals surface area contributed by atoms with E-state index in [9.17, 15) is 0 Å². The highest BCUT2D eigenvalue weighted by Gasteiger charge is 2.07. The summed E-state index contributed by atoms with van der Waals surface area (Å²) in [6, 6.07) is 14.0. The summed E-state index contributed by atoms with van der Waals surface area (Å²) in [5.41, 5.74) is 5.92. The first-order chi connectivity index (χ1) is 11.7. The van der Waals surface area contributed by atoms with Crippen LogP contribution in [0.15, 0.2) is 61.1 Å². The van der Waals surface area contributed by atoms with Crippen LogP contribution in [0.2, 0.25) is 0 Å². The third-order valence-electron chi connectivity index (χ3n) is 3.84. The first-order valence-corrected chi connectivity index (χ1v) is 7.67. The lowest BCUT2D eigenvalue weighted by molar-refractivity contribution is 0.799. The van der Waals surface area contributed by atoms with Gasteiger partial charge in [0.1, 0.15) is 5.69 Å². The lowest BCUT2D eigenvalue weighted by Gasteiger charge is -2.06. The second kappa shape index (κ2) is 5.73. The molecule has 118 valence electrons. The van der Waals surface area contributed by atoms with Gasteiger partial charge in [0.25, 0.3) is 0 Å². The molecule has 0 atom stereocenters. The average molecular weight is 316 g/mol. The monoisotopic (exact) mass is 316 g/mol. The summed E-state index contributed by atoms with van der Waals surface area (Å²) in [5.74, 6) is 0. The van der Waals surface area contributed by atoms with Crippen molar-refractivity contribution in [3.05, 3.63) is 72.4 Å². The van der Waals surface area contributed by atoms with E-state index in [1.54, 1.807) is 17.1 Å². The quantitative estimate of drug-likeness (QED) is 0.582. The van der Waals surface area contributed by atoms with Gasteiger partial charge >= 0.3 is 0 Å². The van der Waals surface area contributed by atoms with Crippen molar-refractivity contribution in [3.63, 3.8) is 0 Å². The number of pyridine rings is 1. The number of hydrogen-bond acceptors (Lipinski definition) is 4. The fourth-order valence-corrected chi connectivity index (χ4v) is 2.68. The Balaban J connectivity index is 1.64. The highest BCUT2D eigenvalue weighted by molar-refractivity contribution is 5.57. The largest absolute Gasteiger partial charge is 0.265 e. The molecule has 6 heteroatoms. The molecule has 0 aliphatic carbocycles. The smallest absolute Gasteiger partial charge is 0.113 e. The molecule has 0 fully saturated rings. The fraction of sp³-hybridized carbons (Fsp3) is 0.111. The summed E-state index contributed by atoms with van der Waals surface area (Å²) in [6.07, 6.45) is 5.41. The third kappa shape index (κ3) is 2.58. The second-order valence-corrected chi connectivity index (χ2v) is 5.64. The Bertz CT molecular complexity index is 966. The molecule has 4 rings (SSSR count). The Morgan fingerprint density at radius 3 is 2.25 bits per heavy atom. The van der Waals surface area contributed by atoms with E-state index in [4.69, 9.17) is 0 Å². The van der Waals surface area contributed by atoms with Gasteiger partial charge in [0.2, 0.25) is 0 Å². The van der Waals surface area contributed by atoms with Crippen LogP contribution in [0.3, 0.4) is 0 Å². The summed E-state index contributed by atoms with van der Waals surface area (Å²) in [7, 11) is 0. The number of aromatic nitrogens is 6. The van der Waals surface area contributed by atoms with Gasteiger partial charge in [-0.2, -0.15) is 5.10 Å².